The normalized spacial score (nSPS) is 10.1. The first kappa shape index (κ1) is 14.9. The zero-order chi connectivity index (χ0) is 15.1. The van der Waals surface area contributed by atoms with Crippen molar-refractivity contribution in [3.63, 3.8) is 0 Å². The smallest absolute Gasteiger partial charge is 0.257 e. The molecular formula is C13H15N5O2S. The number of hydrogen-bond acceptors (Lipinski definition) is 5. The Morgan fingerprint density at radius 1 is 1.38 bits per heavy atom. The largest absolute Gasteiger partial charge is 0.484 e. The Kier molecular flexibility index (Phi) is 5.22. The summed E-state index contributed by atoms with van der Waals surface area (Å²) in [6, 6.07) is 6.94. The van der Waals surface area contributed by atoms with Gasteiger partial charge in [0.15, 0.2) is 6.61 Å². The Labute approximate surface area is 126 Å². The molecule has 0 radical (unpaired) electrons. The number of hydrogen-bond donors (Lipinski definition) is 3. The van der Waals surface area contributed by atoms with Crippen molar-refractivity contribution in [1.82, 2.24) is 20.5 Å². The van der Waals surface area contributed by atoms with Gasteiger partial charge >= 0.3 is 0 Å². The number of thiocarbonyl (C=S) groups is 1. The van der Waals surface area contributed by atoms with Crippen molar-refractivity contribution in [2.75, 3.05) is 13.2 Å². The van der Waals surface area contributed by atoms with E-state index in [2.05, 4.69) is 20.5 Å². The lowest BCUT2D eigenvalue weighted by atomic mass is 10.2. The van der Waals surface area contributed by atoms with Crippen molar-refractivity contribution < 1.29 is 9.53 Å². The molecule has 2 rings (SSSR count). The number of ether oxygens (including phenoxy) is 1. The number of rotatable bonds is 7. The van der Waals surface area contributed by atoms with Crippen LogP contribution in [-0.4, -0.2) is 39.2 Å². The van der Waals surface area contributed by atoms with Crippen LogP contribution in [0.2, 0.25) is 0 Å². The summed E-state index contributed by atoms with van der Waals surface area (Å²) in [5.74, 6) is 1.11. The predicted octanol–water partition coefficient (Wildman–Crippen LogP) is 0.177. The zero-order valence-electron chi connectivity index (χ0n) is 11.2. The Morgan fingerprint density at radius 2 is 2.14 bits per heavy atom. The van der Waals surface area contributed by atoms with Crippen molar-refractivity contribution in [2.45, 2.75) is 6.42 Å². The highest BCUT2D eigenvalue weighted by atomic mass is 32.1. The molecule has 4 N–H and O–H groups in total. The highest BCUT2D eigenvalue weighted by molar-refractivity contribution is 7.80. The number of H-pyrrole nitrogens is 1. The molecule has 8 heteroatoms. The first-order valence-electron chi connectivity index (χ1n) is 6.29. The van der Waals surface area contributed by atoms with Crippen molar-refractivity contribution in [1.29, 1.82) is 0 Å². The summed E-state index contributed by atoms with van der Waals surface area (Å²) < 4.78 is 5.36. The standard InChI is InChI=1S/C13H15N5O2S/c14-13(21)9-1-3-10(4-2-9)20-7-12(19)15-6-5-11-16-8-17-18-11/h1-4,8H,5-7H2,(H2,14,21)(H,15,19)(H,16,17,18). The molecule has 1 aromatic heterocycles. The highest BCUT2D eigenvalue weighted by Crippen LogP contribution is 2.11. The van der Waals surface area contributed by atoms with Crippen LogP contribution in [0.3, 0.4) is 0 Å². The third kappa shape index (κ3) is 4.84. The minimum Gasteiger partial charge on any atom is -0.484 e. The number of carbonyl (C=O) groups excluding carboxylic acids is 1. The van der Waals surface area contributed by atoms with Crippen molar-refractivity contribution in [3.05, 3.63) is 42.0 Å². The zero-order valence-corrected chi connectivity index (χ0v) is 12.0. The number of aromatic nitrogens is 3. The van der Waals surface area contributed by atoms with Crippen LogP contribution in [0.15, 0.2) is 30.6 Å². The molecule has 1 heterocycles. The molecule has 1 amide bonds. The average Bonchev–Trinajstić information content (AvgIpc) is 2.99. The first-order valence-corrected chi connectivity index (χ1v) is 6.69. The summed E-state index contributed by atoms with van der Waals surface area (Å²) in [6.45, 7) is 0.417. The molecule has 0 aliphatic rings. The van der Waals surface area contributed by atoms with Crippen LogP contribution in [0.1, 0.15) is 11.4 Å². The molecule has 2 aromatic rings. The van der Waals surface area contributed by atoms with Gasteiger partial charge in [0, 0.05) is 18.5 Å². The van der Waals surface area contributed by atoms with Gasteiger partial charge in [-0.15, -0.1) is 0 Å². The molecular weight excluding hydrogens is 290 g/mol. The fraction of sp³-hybridized carbons (Fsp3) is 0.231. The van der Waals surface area contributed by atoms with Crippen LogP contribution in [0.25, 0.3) is 0 Å². The molecule has 21 heavy (non-hydrogen) atoms. The molecule has 7 nitrogen and oxygen atoms in total. The molecule has 0 saturated carbocycles. The van der Waals surface area contributed by atoms with Gasteiger partial charge in [0.25, 0.3) is 5.91 Å². The van der Waals surface area contributed by atoms with E-state index in [9.17, 15) is 4.79 Å². The highest BCUT2D eigenvalue weighted by Gasteiger charge is 2.04. The Balaban J connectivity index is 1.69. The van der Waals surface area contributed by atoms with Crippen molar-refractivity contribution in [3.8, 4) is 5.75 Å². The van der Waals surface area contributed by atoms with E-state index in [1.807, 2.05) is 0 Å². The number of benzene rings is 1. The minimum atomic E-state index is -0.201. The van der Waals surface area contributed by atoms with Crippen LogP contribution >= 0.6 is 12.2 Å². The summed E-state index contributed by atoms with van der Waals surface area (Å²) in [4.78, 5) is 15.9. The van der Waals surface area contributed by atoms with E-state index in [1.54, 1.807) is 24.3 Å². The van der Waals surface area contributed by atoms with E-state index < -0.39 is 0 Å². The summed E-state index contributed by atoms with van der Waals surface area (Å²) in [7, 11) is 0. The lowest BCUT2D eigenvalue weighted by Gasteiger charge is -2.07. The van der Waals surface area contributed by atoms with Gasteiger partial charge in [-0.3, -0.25) is 9.89 Å². The summed E-state index contributed by atoms with van der Waals surface area (Å²) in [5, 5.41) is 9.17. The lowest BCUT2D eigenvalue weighted by Crippen LogP contribution is -2.30. The van der Waals surface area contributed by atoms with Gasteiger partial charge < -0.3 is 15.8 Å². The van der Waals surface area contributed by atoms with Crippen LogP contribution in [0.4, 0.5) is 0 Å². The van der Waals surface area contributed by atoms with E-state index in [0.717, 1.165) is 11.4 Å². The number of amides is 1. The van der Waals surface area contributed by atoms with Gasteiger partial charge in [0.2, 0.25) is 0 Å². The topological polar surface area (TPSA) is 106 Å². The van der Waals surface area contributed by atoms with Crippen molar-refractivity contribution >= 4 is 23.1 Å². The third-order valence-electron chi connectivity index (χ3n) is 2.66. The minimum absolute atomic E-state index is 0.0528. The Bertz CT molecular complexity index is 598. The average molecular weight is 305 g/mol. The fourth-order valence-corrected chi connectivity index (χ4v) is 1.72. The molecule has 0 saturated heterocycles. The van der Waals surface area contributed by atoms with E-state index in [-0.39, 0.29) is 12.5 Å². The van der Waals surface area contributed by atoms with Gasteiger partial charge in [-0.05, 0) is 24.3 Å². The first-order chi connectivity index (χ1) is 10.1. The van der Waals surface area contributed by atoms with E-state index >= 15 is 0 Å². The molecule has 110 valence electrons. The van der Waals surface area contributed by atoms with Gasteiger partial charge in [-0.25, -0.2) is 4.98 Å². The Hall–Kier alpha value is -2.48. The molecule has 0 spiro atoms. The molecule has 0 atom stereocenters. The SMILES string of the molecule is NC(=S)c1ccc(OCC(=O)NCCc2ncn[nH]2)cc1. The van der Waals surface area contributed by atoms with Crippen LogP contribution in [0.5, 0.6) is 5.75 Å². The monoisotopic (exact) mass is 305 g/mol. The van der Waals surface area contributed by atoms with Crippen LogP contribution in [-0.2, 0) is 11.2 Å². The van der Waals surface area contributed by atoms with Crippen LogP contribution < -0.4 is 15.8 Å². The maximum Gasteiger partial charge on any atom is 0.257 e. The maximum absolute atomic E-state index is 11.6. The number of aromatic amines is 1. The maximum atomic E-state index is 11.6. The van der Waals surface area contributed by atoms with E-state index in [4.69, 9.17) is 22.7 Å². The van der Waals surface area contributed by atoms with Crippen LogP contribution in [0, 0.1) is 0 Å². The molecule has 0 unspecified atom stereocenters. The molecule has 0 bridgehead atoms. The van der Waals surface area contributed by atoms with Crippen molar-refractivity contribution in [2.24, 2.45) is 5.73 Å². The van der Waals surface area contributed by atoms with Gasteiger partial charge in [0.1, 0.15) is 22.9 Å². The van der Waals surface area contributed by atoms with Gasteiger partial charge in [-0.2, -0.15) is 5.10 Å². The van der Waals surface area contributed by atoms with Gasteiger partial charge in [-0.1, -0.05) is 12.2 Å². The Morgan fingerprint density at radius 3 is 2.76 bits per heavy atom. The third-order valence-corrected chi connectivity index (χ3v) is 2.89. The lowest BCUT2D eigenvalue weighted by molar-refractivity contribution is -0.123. The van der Waals surface area contributed by atoms with Gasteiger partial charge in [0.05, 0.1) is 0 Å². The number of carbonyl (C=O) groups is 1. The molecule has 1 aromatic carbocycles. The summed E-state index contributed by atoms with van der Waals surface area (Å²) in [5.41, 5.74) is 6.25. The fourth-order valence-electron chi connectivity index (χ4n) is 1.59. The number of nitrogens with one attached hydrogen (secondary N) is 2. The molecule has 0 fully saturated rings. The molecule has 0 aliphatic carbocycles. The predicted molar refractivity (Wildman–Crippen MR) is 80.9 cm³/mol. The second kappa shape index (κ2) is 7.34. The second-order valence-electron chi connectivity index (χ2n) is 4.21. The molecule has 0 aliphatic heterocycles. The van der Waals surface area contributed by atoms with E-state index in [0.29, 0.717) is 23.7 Å². The quantitative estimate of drug-likeness (QED) is 0.630. The number of nitrogens with two attached hydrogens (primary N) is 1. The second-order valence-corrected chi connectivity index (χ2v) is 4.65. The summed E-state index contributed by atoms with van der Waals surface area (Å²) >= 11 is 4.85. The number of nitrogens with zero attached hydrogens (tertiary/aromatic N) is 2. The van der Waals surface area contributed by atoms with E-state index in [1.165, 1.54) is 6.33 Å². The summed E-state index contributed by atoms with van der Waals surface area (Å²) in [6.07, 6.45) is 2.02.